The molecule has 3 heterocycles. The molecule has 5 rings (SSSR count). The number of aromatic nitrogens is 1. The summed E-state index contributed by atoms with van der Waals surface area (Å²) in [6, 6.07) is 1.58. The highest BCUT2D eigenvalue weighted by Crippen LogP contribution is 2.43. The lowest BCUT2D eigenvalue weighted by Gasteiger charge is -2.24. The molecule has 0 amide bonds. The molecule has 3 fully saturated rings. The lowest BCUT2D eigenvalue weighted by Crippen LogP contribution is -2.40. The van der Waals surface area contributed by atoms with E-state index in [1.165, 1.54) is 12.3 Å². The molecular formula is C20H21ClFN3O3. The first-order chi connectivity index (χ1) is 13.5. The molecule has 3 aliphatic rings. The lowest BCUT2D eigenvalue weighted by atomic mass is 9.94. The highest BCUT2D eigenvalue weighted by atomic mass is 35.5. The molecule has 1 aliphatic carbocycles. The lowest BCUT2D eigenvalue weighted by molar-refractivity contribution is 0.0695. The second-order valence-corrected chi connectivity index (χ2v) is 8.48. The summed E-state index contributed by atoms with van der Waals surface area (Å²) in [6.45, 7) is 2.37. The number of nitrogens with one attached hydrogen (secondary N) is 1. The van der Waals surface area contributed by atoms with Crippen molar-refractivity contribution in [2.45, 2.75) is 37.8 Å². The van der Waals surface area contributed by atoms with Crippen LogP contribution in [0.4, 0.5) is 10.1 Å². The first-order valence-electron chi connectivity index (χ1n) is 9.74. The van der Waals surface area contributed by atoms with E-state index in [1.807, 2.05) is 4.90 Å². The average Bonchev–Trinajstić information content (AvgIpc) is 3.41. The number of carboxylic acid groups (broad SMARTS) is 1. The van der Waals surface area contributed by atoms with E-state index in [2.05, 4.69) is 5.32 Å². The van der Waals surface area contributed by atoms with Crippen LogP contribution in [0.2, 0.25) is 5.02 Å². The van der Waals surface area contributed by atoms with Gasteiger partial charge in [0.1, 0.15) is 11.4 Å². The fraction of sp³-hybridized carbons (Fsp3) is 0.500. The molecule has 2 atom stereocenters. The Labute approximate surface area is 165 Å². The van der Waals surface area contributed by atoms with Crippen LogP contribution in [0, 0.1) is 11.7 Å². The Kier molecular flexibility index (Phi) is 4.14. The van der Waals surface area contributed by atoms with Gasteiger partial charge in [-0.1, -0.05) is 11.6 Å². The minimum Gasteiger partial charge on any atom is -0.477 e. The van der Waals surface area contributed by atoms with Crippen LogP contribution in [0.3, 0.4) is 0 Å². The molecule has 28 heavy (non-hydrogen) atoms. The molecule has 148 valence electrons. The SMILES string of the molecule is O=C(O)c1cn(C2CC2)c2c(Cl)c(N3C[C@H]4CCCN[C@@H]4C3)c(F)cc2c1=O. The zero-order valence-electron chi connectivity index (χ0n) is 15.3. The van der Waals surface area contributed by atoms with Crippen molar-refractivity contribution in [2.75, 3.05) is 24.5 Å². The molecule has 2 aromatic rings. The number of halogens is 2. The Morgan fingerprint density at radius 1 is 1.29 bits per heavy atom. The minimum atomic E-state index is -1.31. The van der Waals surface area contributed by atoms with Gasteiger partial charge in [-0.05, 0) is 44.2 Å². The quantitative estimate of drug-likeness (QED) is 0.821. The van der Waals surface area contributed by atoms with Crippen molar-refractivity contribution in [2.24, 2.45) is 5.92 Å². The fourth-order valence-electron chi connectivity index (χ4n) is 4.74. The van der Waals surface area contributed by atoms with Gasteiger partial charge in [0.05, 0.1) is 21.6 Å². The monoisotopic (exact) mass is 405 g/mol. The third-order valence-electron chi connectivity index (χ3n) is 6.27. The van der Waals surface area contributed by atoms with E-state index in [-0.39, 0.29) is 22.0 Å². The number of carbonyl (C=O) groups is 1. The number of piperidine rings is 1. The number of benzene rings is 1. The maximum absolute atomic E-state index is 15.1. The van der Waals surface area contributed by atoms with Gasteiger partial charge in [-0.2, -0.15) is 0 Å². The number of nitrogens with zero attached hydrogens (tertiary/aromatic N) is 2. The van der Waals surface area contributed by atoms with Crippen LogP contribution in [0.1, 0.15) is 42.1 Å². The number of carboxylic acids is 1. The van der Waals surface area contributed by atoms with Crippen molar-refractivity contribution in [1.82, 2.24) is 9.88 Å². The molecule has 6 nitrogen and oxygen atoms in total. The van der Waals surface area contributed by atoms with E-state index in [4.69, 9.17) is 11.6 Å². The van der Waals surface area contributed by atoms with Crippen molar-refractivity contribution in [3.63, 3.8) is 0 Å². The van der Waals surface area contributed by atoms with Crippen molar-refractivity contribution >= 4 is 34.2 Å². The molecule has 2 saturated heterocycles. The second-order valence-electron chi connectivity index (χ2n) is 8.10. The maximum Gasteiger partial charge on any atom is 0.341 e. The summed E-state index contributed by atoms with van der Waals surface area (Å²) in [4.78, 5) is 26.1. The van der Waals surface area contributed by atoms with Crippen LogP contribution in [0.25, 0.3) is 10.9 Å². The molecule has 0 unspecified atom stereocenters. The van der Waals surface area contributed by atoms with Gasteiger partial charge in [0.15, 0.2) is 0 Å². The van der Waals surface area contributed by atoms with Gasteiger partial charge in [-0.15, -0.1) is 0 Å². The normalized spacial score (nSPS) is 24.6. The summed E-state index contributed by atoms with van der Waals surface area (Å²) in [5, 5.41) is 13.1. The summed E-state index contributed by atoms with van der Waals surface area (Å²) < 4.78 is 16.9. The van der Waals surface area contributed by atoms with Gasteiger partial charge in [0, 0.05) is 31.4 Å². The Balaban J connectivity index is 1.70. The summed E-state index contributed by atoms with van der Waals surface area (Å²) in [6.07, 6.45) is 5.36. The summed E-state index contributed by atoms with van der Waals surface area (Å²) in [7, 11) is 0. The van der Waals surface area contributed by atoms with Crippen LogP contribution in [-0.2, 0) is 0 Å². The third-order valence-corrected chi connectivity index (χ3v) is 6.63. The Morgan fingerprint density at radius 2 is 2.07 bits per heavy atom. The van der Waals surface area contributed by atoms with E-state index in [0.717, 1.165) is 38.8 Å². The summed E-state index contributed by atoms with van der Waals surface area (Å²) >= 11 is 6.70. The Morgan fingerprint density at radius 3 is 2.75 bits per heavy atom. The Bertz CT molecular complexity index is 1040. The topological polar surface area (TPSA) is 74.6 Å². The number of fused-ring (bicyclic) bond motifs is 2. The largest absolute Gasteiger partial charge is 0.477 e. The van der Waals surface area contributed by atoms with Gasteiger partial charge in [-0.3, -0.25) is 4.79 Å². The van der Waals surface area contributed by atoms with E-state index in [0.29, 0.717) is 29.7 Å². The van der Waals surface area contributed by atoms with Crippen LogP contribution < -0.4 is 15.6 Å². The van der Waals surface area contributed by atoms with Gasteiger partial charge in [0.2, 0.25) is 5.43 Å². The van der Waals surface area contributed by atoms with Crippen LogP contribution in [-0.4, -0.2) is 41.3 Å². The average molecular weight is 406 g/mol. The van der Waals surface area contributed by atoms with Crippen LogP contribution in [0.5, 0.6) is 0 Å². The maximum atomic E-state index is 15.1. The molecular weight excluding hydrogens is 385 g/mol. The van der Waals surface area contributed by atoms with Crippen molar-refractivity contribution in [3.8, 4) is 0 Å². The van der Waals surface area contributed by atoms with Crippen molar-refractivity contribution in [3.05, 3.63) is 38.9 Å². The molecule has 0 spiro atoms. The summed E-state index contributed by atoms with van der Waals surface area (Å²) in [5.41, 5.74) is -0.275. The molecule has 0 bridgehead atoms. The fourth-order valence-corrected chi connectivity index (χ4v) is 5.15. The number of hydrogen-bond acceptors (Lipinski definition) is 4. The van der Waals surface area contributed by atoms with E-state index in [9.17, 15) is 14.7 Å². The highest BCUT2D eigenvalue weighted by molar-refractivity contribution is 6.38. The second kappa shape index (κ2) is 6.46. The summed E-state index contributed by atoms with van der Waals surface area (Å²) in [5.74, 6) is -1.42. The smallest absolute Gasteiger partial charge is 0.341 e. The molecule has 1 aromatic heterocycles. The third kappa shape index (κ3) is 2.71. The van der Waals surface area contributed by atoms with Crippen molar-refractivity contribution < 1.29 is 14.3 Å². The molecule has 2 N–H and O–H groups in total. The predicted octanol–water partition coefficient (Wildman–Crippen LogP) is 3.02. The van der Waals surface area contributed by atoms with Gasteiger partial charge >= 0.3 is 5.97 Å². The van der Waals surface area contributed by atoms with Crippen LogP contribution in [0.15, 0.2) is 17.1 Å². The van der Waals surface area contributed by atoms with E-state index < -0.39 is 17.2 Å². The number of pyridine rings is 1. The van der Waals surface area contributed by atoms with Gasteiger partial charge in [-0.25, -0.2) is 9.18 Å². The van der Waals surface area contributed by atoms with Gasteiger partial charge in [0.25, 0.3) is 0 Å². The standard InChI is InChI=1S/C20H21ClFN3O3/c21-16-17-12(19(26)13(20(27)28)8-25(17)11-3-4-11)6-14(22)18(16)24-7-10-2-1-5-23-15(10)9-24/h6,8,10-11,15,23H,1-5,7,9H2,(H,27,28)/t10-,15-/m1/s1. The van der Waals surface area contributed by atoms with E-state index in [1.54, 1.807) is 4.57 Å². The highest BCUT2D eigenvalue weighted by Gasteiger charge is 2.37. The molecule has 2 aliphatic heterocycles. The molecule has 1 aromatic carbocycles. The van der Waals surface area contributed by atoms with E-state index >= 15 is 4.39 Å². The molecule has 8 heteroatoms. The number of rotatable bonds is 3. The number of hydrogen-bond donors (Lipinski definition) is 2. The zero-order valence-corrected chi connectivity index (χ0v) is 16.0. The zero-order chi connectivity index (χ0) is 19.6. The molecule has 1 saturated carbocycles. The van der Waals surface area contributed by atoms with Crippen molar-refractivity contribution in [1.29, 1.82) is 0 Å². The first-order valence-corrected chi connectivity index (χ1v) is 10.1. The first kappa shape index (κ1) is 17.9. The molecule has 0 radical (unpaired) electrons. The Hall–Kier alpha value is -2.12. The number of aromatic carboxylic acids is 1. The van der Waals surface area contributed by atoms with Gasteiger partial charge < -0.3 is 19.9 Å². The minimum absolute atomic E-state index is 0.0350. The predicted molar refractivity (Wildman–Crippen MR) is 105 cm³/mol. The van der Waals surface area contributed by atoms with Crippen LogP contribution >= 0.6 is 11.6 Å². The number of anilines is 1.